The van der Waals surface area contributed by atoms with Crippen molar-refractivity contribution in [2.45, 2.75) is 25.9 Å². The van der Waals surface area contributed by atoms with E-state index in [-0.39, 0.29) is 6.10 Å². The van der Waals surface area contributed by atoms with Crippen LogP contribution >= 0.6 is 0 Å². The van der Waals surface area contributed by atoms with Crippen molar-refractivity contribution in [2.75, 3.05) is 18.6 Å². The number of rotatable bonds is 4. The van der Waals surface area contributed by atoms with Crippen molar-refractivity contribution < 1.29 is 9.47 Å². The fourth-order valence-corrected chi connectivity index (χ4v) is 1.67. The van der Waals surface area contributed by atoms with E-state index in [0.717, 1.165) is 25.0 Å². The summed E-state index contributed by atoms with van der Waals surface area (Å²) in [5.41, 5.74) is 3.31. The van der Waals surface area contributed by atoms with Gasteiger partial charge in [-0.1, -0.05) is 0 Å². The molecule has 3 N–H and O–H groups in total. The lowest BCUT2D eigenvalue weighted by molar-refractivity contribution is 0.0660. The molecule has 0 radical (unpaired) electrons. The molecule has 6 nitrogen and oxygen atoms in total. The van der Waals surface area contributed by atoms with Crippen LogP contribution in [-0.4, -0.2) is 29.3 Å². The van der Waals surface area contributed by atoms with Gasteiger partial charge in [-0.2, -0.15) is 0 Å². The molecule has 1 unspecified atom stereocenters. The standard InChI is InChI=1S/C10H16N4O2/c1-7-9(14-11)12-6-13-10(7)16-5-8-3-2-4-15-8/h6,8H,2-5,11H2,1H3,(H,12,13,14). The van der Waals surface area contributed by atoms with Crippen LogP contribution in [0.1, 0.15) is 18.4 Å². The molecule has 1 saturated heterocycles. The smallest absolute Gasteiger partial charge is 0.221 e. The molecule has 1 fully saturated rings. The highest BCUT2D eigenvalue weighted by atomic mass is 16.5. The van der Waals surface area contributed by atoms with Gasteiger partial charge < -0.3 is 14.9 Å². The molecule has 0 aromatic carbocycles. The summed E-state index contributed by atoms with van der Waals surface area (Å²) in [6.45, 7) is 3.22. The van der Waals surface area contributed by atoms with Crippen LogP contribution in [0.15, 0.2) is 6.33 Å². The molecule has 0 bridgehead atoms. The molecule has 0 amide bonds. The summed E-state index contributed by atoms with van der Waals surface area (Å²) in [4.78, 5) is 8.04. The van der Waals surface area contributed by atoms with Gasteiger partial charge in [-0.25, -0.2) is 15.8 Å². The van der Waals surface area contributed by atoms with E-state index in [1.807, 2.05) is 6.92 Å². The molecule has 0 spiro atoms. The molecule has 1 aliphatic rings. The van der Waals surface area contributed by atoms with E-state index >= 15 is 0 Å². The predicted molar refractivity (Wildman–Crippen MR) is 59.0 cm³/mol. The zero-order valence-electron chi connectivity index (χ0n) is 9.27. The van der Waals surface area contributed by atoms with E-state index in [4.69, 9.17) is 15.3 Å². The molecule has 1 aromatic heterocycles. The first-order valence-electron chi connectivity index (χ1n) is 5.34. The van der Waals surface area contributed by atoms with E-state index in [1.54, 1.807) is 0 Å². The SMILES string of the molecule is Cc1c(NN)ncnc1OCC1CCCO1. The minimum Gasteiger partial charge on any atom is -0.475 e. The van der Waals surface area contributed by atoms with Crippen LogP contribution in [-0.2, 0) is 4.74 Å². The Kier molecular flexibility index (Phi) is 3.53. The highest BCUT2D eigenvalue weighted by molar-refractivity contribution is 5.46. The maximum absolute atomic E-state index is 5.59. The number of nitrogen functional groups attached to an aromatic ring is 1. The third-order valence-corrected chi connectivity index (χ3v) is 2.60. The molecule has 1 aromatic rings. The predicted octanol–water partition coefficient (Wildman–Crippen LogP) is 0.628. The first kappa shape index (κ1) is 11.1. The number of ether oxygens (including phenoxy) is 2. The molecule has 6 heteroatoms. The third-order valence-electron chi connectivity index (χ3n) is 2.60. The maximum atomic E-state index is 5.59. The summed E-state index contributed by atoms with van der Waals surface area (Å²) >= 11 is 0. The number of nitrogens with zero attached hydrogens (tertiary/aromatic N) is 2. The molecule has 2 heterocycles. The summed E-state index contributed by atoms with van der Waals surface area (Å²) in [6.07, 6.45) is 3.76. The van der Waals surface area contributed by atoms with Gasteiger partial charge in [0.2, 0.25) is 5.88 Å². The highest BCUT2D eigenvalue weighted by Gasteiger charge is 2.17. The van der Waals surface area contributed by atoms with Crippen molar-refractivity contribution in [1.82, 2.24) is 9.97 Å². The zero-order valence-corrected chi connectivity index (χ0v) is 9.27. The molecule has 0 aliphatic carbocycles. The number of hydrogen-bond donors (Lipinski definition) is 2. The van der Waals surface area contributed by atoms with E-state index in [9.17, 15) is 0 Å². The number of nitrogens with two attached hydrogens (primary N) is 1. The minimum atomic E-state index is 0.184. The van der Waals surface area contributed by atoms with Crippen LogP contribution in [0.2, 0.25) is 0 Å². The van der Waals surface area contributed by atoms with Crippen molar-refractivity contribution in [3.63, 3.8) is 0 Å². The van der Waals surface area contributed by atoms with Gasteiger partial charge in [0.25, 0.3) is 0 Å². The van der Waals surface area contributed by atoms with Gasteiger partial charge in [0.1, 0.15) is 18.8 Å². The fraction of sp³-hybridized carbons (Fsp3) is 0.600. The molecule has 2 rings (SSSR count). The van der Waals surface area contributed by atoms with Crippen LogP contribution < -0.4 is 16.0 Å². The van der Waals surface area contributed by atoms with Gasteiger partial charge in [0, 0.05) is 6.61 Å². The maximum Gasteiger partial charge on any atom is 0.221 e. The van der Waals surface area contributed by atoms with Crippen LogP contribution in [0.3, 0.4) is 0 Å². The highest BCUT2D eigenvalue weighted by Crippen LogP contribution is 2.20. The summed E-state index contributed by atoms with van der Waals surface area (Å²) in [7, 11) is 0. The summed E-state index contributed by atoms with van der Waals surface area (Å²) < 4.78 is 11.1. The summed E-state index contributed by atoms with van der Waals surface area (Å²) in [6, 6.07) is 0. The van der Waals surface area contributed by atoms with Gasteiger partial charge in [0.05, 0.1) is 11.7 Å². The number of nitrogens with one attached hydrogen (secondary N) is 1. The van der Waals surface area contributed by atoms with Crippen molar-refractivity contribution in [2.24, 2.45) is 5.84 Å². The lowest BCUT2D eigenvalue weighted by atomic mass is 10.2. The van der Waals surface area contributed by atoms with Gasteiger partial charge in [-0.15, -0.1) is 0 Å². The topological polar surface area (TPSA) is 82.3 Å². The number of aromatic nitrogens is 2. The second-order valence-electron chi connectivity index (χ2n) is 3.74. The van der Waals surface area contributed by atoms with Gasteiger partial charge >= 0.3 is 0 Å². The van der Waals surface area contributed by atoms with Gasteiger partial charge in [-0.05, 0) is 19.8 Å². The van der Waals surface area contributed by atoms with Crippen LogP contribution in [0.4, 0.5) is 5.82 Å². The number of anilines is 1. The normalized spacial score (nSPS) is 19.8. The molecule has 88 valence electrons. The second kappa shape index (κ2) is 5.09. The Morgan fingerprint density at radius 1 is 1.62 bits per heavy atom. The van der Waals surface area contributed by atoms with Crippen molar-refractivity contribution in [3.05, 3.63) is 11.9 Å². The monoisotopic (exact) mass is 224 g/mol. The first-order valence-corrected chi connectivity index (χ1v) is 5.34. The van der Waals surface area contributed by atoms with Crippen LogP contribution in [0, 0.1) is 6.92 Å². The summed E-state index contributed by atoms with van der Waals surface area (Å²) in [5.74, 6) is 6.45. The number of hydrazine groups is 1. The van der Waals surface area contributed by atoms with Crippen molar-refractivity contribution >= 4 is 5.82 Å². The first-order chi connectivity index (χ1) is 7.81. The second-order valence-corrected chi connectivity index (χ2v) is 3.74. The Morgan fingerprint density at radius 3 is 3.19 bits per heavy atom. The van der Waals surface area contributed by atoms with Crippen molar-refractivity contribution in [1.29, 1.82) is 0 Å². The third kappa shape index (κ3) is 2.40. The molecular weight excluding hydrogens is 208 g/mol. The molecule has 1 aliphatic heterocycles. The van der Waals surface area contributed by atoms with E-state index in [1.165, 1.54) is 6.33 Å². The van der Waals surface area contributed by atoms with Crippen molar-refractivity contribution in [3.8, 4) is 5.88 Å². The van der Waals surface area contributed by atoms with E-state index in [2.05, 4.69) is 15.4 Å². The average molecular weight is 224 g/mol. The Labute approximate surface area is 94.1 Å². The fourth-order valence-electron chi connectivity index (χ4n) is 1.67. The molecule has 16 heavy (non-hydrogen) atoms. The number of hydrogen-bond acceptors (Lipinski definition) is 6. The molecular formula is C10H16N4O2. The Morgan fingerprint density at radius 2 is 2.50 bits per heavy atom. The van der Waals surface area contributed by atoms with Gasteiger partial charge in [-0.3, -0.25) is 0 Å². The van der Waals surface area contributed by atoms with E-state index in [0.29, 0.717) is 18.3 Å². The van der Waals surface area contributed by atoms with Gasteiger partial charge in [0.15, 0.2) is 0 Å². The molecule has 0 saturated carbocycles. The zero-order chi connectivity index (χ0) is 11.4. The lowest BCUT2D eigenvalue weighted by Crippen LogP contribution is -2.18. The lowest BCUT2D eigenvalue weighted by Gasteiger charge is -2.13. The van der Waals surface area contributed by atoms with Crippen LogP contribution in [0.5, 0.6) is 5.88 Å². The summed E-state index contributed by atoms with van der Waals surface area (Å²) in [5, 5.41) is 0. The Hall–Kier alpha value is -1.40. The quantitative estimate of drug-likeness (QED) is 0.576. The Balaban J connectivity index is 1.97. The largest absolute Gasteiger partial charge is 0.475 e. The Bertz CT molecular complexity index is 353. The average Bonchev–Trinajstić information content (AvgIpc) is 2.81. The minimum absolute atomic E-state index is 0.184. The molecule has 1 atom stereocenters. The van der Waals surface area contributed by atoms with E-state index < -0.39 is 0 Å². The van der Waals surface area contributed by atoms with Crippen LogP contribution in [0.25, 0.3) is 0 Å².